The number of carbonyl (C=O) groups excluding carboxylic acids is 3. The smallest absolute Gasteiger partial charge is 0.410 e. The first-order chi connectivity index (χ1) is 20.6. The van der Waals surface area contributed by atoms with Gasteiger partial charge in [0.1, 0.15) is 11.2 Å². The maximum absolute atomic E-state index is 12.1. The van der Waals surface area contributed by atoms with Crippen LogP contribution in [0.25, 0.3) is 0 Å². The number of likely N-dealkylation sites (tertiary alicyclic amines) is 2. The molecule has 2 aromatic heterocycles. The van der Waals surface area contributed by atoms with Crippen molar-refractivity contribution in [2.75, 3.05) is 32.8 Å². The lowest BCUT2D eigenvalue weighted by Crippen LogP contribution is -2.41. The zero-order chi connectivity index (χ0) is 32.7. The van der Waals surface area contributed by atoms with Crippen LogP contribution in [0.1, 0.15) is 117 Å². The van der Waals surface area contributed by atoms with Crippen molar-refractivity contribution in [3.8, 4) is 0 Å². The molecular formula is C30H44N4O8S2. The predicted molar refractivity (Wildman–Crippen MR) is 167 cm³/mol. The van der Waals surface area contributed by atoms with Gasteiger partial charge in [-0.15, -0.1) is 22.7 Å². The van der Waals surface area contributed by atoms with Gasteiger partial charge in [-0.2, -0.15) is 0 Å². The maximum atomic E-state index is 12.1. The molecule has 14 heteroatoms. The maximum Gasteiger partial charge on any atom is 0.410 e. The van der Waals surface area contributed by atoms with E-state index in [4.69, 9.17) is 19.3 Å². The number of hydrogen-bond donors (Lipinski definition) is 1. The highest BCUT2D eigenvalue weighted by Gasteiger charge is 2.30. The van der Waals surface area contributed by atoms with Gasteiger partial charge in [0.2, 0.25) is 0 Å². The van der Waals surface area contributed by atoms with Gasteiger partial charge in [0.05, 0.1) is 16.6 Å². The summed E-state index contributed by atoms with van der Waals surface area (Å²) >= 11 is 2.86. The van der Waals surface area contributed by atoms with Crippen LogP contribution in [0.4, 0.5) is 9.59 Å². The molecule has 2 aliphatic rings. The third-order valence-electron chi connectivity index (χ3n) is 6.74. The molecule has 0 aliphatic carbocycles. The number of amides is 2. The number of thiazole rings is 2. The number of aromatic nitrogens is 2. The fourth-order valence-electron chi connectivity index (χ4n) is 4.62. The van der Waals surface area contributed by atoms with Crippen LogP contribution in [0.5, 0.6) is 0 Å². The lowest BCUT2D eigenvalue weighted by Gasteiger charge is -2.32. The third kappa shape index (κ3) is 10.7. The van der Waals surface area contributed by atoms with Crippen molar-refractivity contribution >= 4 is 46.8 Å². The van der Waals surface area contributed by atoms with E-state index in [1.807, 2.05) is 41.5 Å². The van der Waals surface area contributed by atoms with Crippen molar-refractivity contribution in [2.45, 2.75) is 97.2 Å². The van der Waals surface area contributed by atoms with Crippen molar-refractivity contribution in [3.05, 3.63) is 32.2 Å². The first-order valence-electron chi connectivity index (χ1n) is 14.8. The number of piperidine rings is 2. The van der Waals surface area contributed by atoms with E-state index in [1.165, 1.54) is 22.7 Å². The summed E-state index contributed by atoms with van der Waals surface area (Å²) in [6, 6.07) is 0. The highest BCUT2D eigenvalue weighted by atomic mass is 32.1. The van der Waals surface area contributed by atoms with E-state index < -0.39 is 17.2 Å². The summed E-state index contributed by atoms with van der Waals surface area (Å²) < 4.78 is 15.7. The number of hydrogen-bond acceptors (Lipinski definition) is 11. The molecular weight excluding hydrogens is 608 g/mol. The zero-order valence-corrected chi connectivity index (χ0v) is 28.2. The number of carboxylic acids is 1. The van der Waals surface area contributed by atoms with Gasteiger partial charge in [-0.1, -0.05) is 0 Å². The molecule has 0 unspecified atom stereocenters. The zero-order valence-electron chi connectivity index (χ0n) is 26.6. The van der Waals surface area contributed by atoms with Crippen LogP contribution in [0, 0.1) is 0 Å². The van der Waals surface area contributed by atoms with E-state index in [1.54, 1.807) is 27.5 Å². The third-order valence-corrected chi connectivity index (χ3v) is 8.75. The Balaban J connectivity index is 0.000000241. The van der Waals surface area contributed by atoms with Crippen LogP contribution < -0.4 is 0 Å². The Bertz CT molecular complexity index is 1280. The monoisotopic (exact) mass is 652 g/mol. The van der Waals surface area contributed by atoms with Gasteiger partial charge < -0.3 is 29.1 Å². The molecule has 1 N–H and O–H groups in total. The number of esters is 1. The molecule has 2 fully saturated rings. The van der Waals surface area contributed by atoms with Crippen LogP contribution in [-0.2, 0) is 14.2 Å². The van der Waals surface area contributed by atoms with Gasteiger partial charge in [-0.3, -0.25) is 0 Å². The molecule has 0 atom stereocenters. The Morgan fingerprint density at radius 1 is 0.773 bits per heavy atom. The molecule has 0 spiro atoms. The van der Waals surface area contributed by atoms with E-state index >= 15 is 0 Å². The van der Waals surface area contributed by atoms with Crippen molar-refractivity contribution < 1.29 is 38.5 Å². The molecule has 2 amide bonds. The largest absolute Gasteiger partial charge is 0.476 e. The molecule has 4 heterocycles. The number of nitrogens with zero attached hydrogens (tertiary/aromatic N) is 4. The number of ether oxygens (including phenoxy) is 3. The van der Waals surface area contributed by atoms with E-state index in [9.17, 15) is 19.2 Å². The molecule has 2 saturated heterocycles. The summed E-state index contributed by atoms with van der Waals surface area (Å²) in [6.07, 6.45) is 2.68. The van der Waals surface area contributed by atoms with Crippen molar-refractivity contribution in [3.63, 3.8) is 0 Å². The van der Waals surface area contributed by atoms with Crippen molar-refractivity contribution in [1.29, 1.82) is 0 Å². The summed E-state index contributed by atoms with van der Waals surface area (Å²) in [5.74, 6) is -0.867. The lowest BCUT2D eigenvalue weighted by molar-refractivity contribution is 0.0194. The molecule has 44 heavy (non-hydrogen) atoms. The second-order valence-electron chi connectivity index (χ2n) is 12.7. The summed E-state index contributed by atoms with van der Waals surface area (Å²) in [7, 11) is 0. The number of aromatic carboxylic acids is 1. The predicted octanol–water partition coefficient (Wildman–Crippen LogP) is 6.39. The van der Waals surface area contributed by atoms with Crippen LogP contribution in [0.3, 0.4) is 0 Å². The average Bonchev–Trinajstić information content (AvgIpc) is 3.63. The Hall–Kier alpha value is -3.26. The van der Waals surface area contributed by atoms with E-state index in [0.29, 0.717) is 38.5 Å². The highest BCUT2D eigenvalue weighted by Crippen LogP contribution is 2.32. The minimum absolute atomic E-state index is 0.101. The average molecular weight is 653 g/mol. The van der Waals surface area contributed by atoms with Gasteiger partial charge >= 0.3 is 24.1 Å². The number of rotatable bonds is 5. The first kappa shape index (κ1) is 35.2. The Kier molecular flexibility index (Phi) is 12.1. The molecule has 0 bridgehead atoms. The second kappa shape index (κ2) is 15.2. The molecule has 0 radical (unpaired) electrons. The van der Waals surface area contributed by atoms with Gasteiger partial charge in [0, 0.05) is 48.8 Å². The van der Waals surface area contributed by atoms with Crippen LogP contribution in [-0.4, -0.2) is 93.0 Å². The van der Waals surface area contributed by atoms with Gasteiger partial charge in [0.15, 0.2) is 11.4 Å². The van der Waals surface area contributed by atoms with Gasteiger partial charge in [-0.25, -0.2) is 29.1 Å². The topological polar surface area (TPSA) is 148 Å². The van der Waals surface area contributed by atoms with Gasteiger partial charge in [-0.05, 0) is 74.1 Å². The Morgan fingerprint density at radius 2 is 1.16 bits per heavy atom. The molecule has 2 aromatic rings. The summed E-state index contributed by atoms with van der Waals surface area (Å²) in [6.45, 7) is 15.8. The van der Waals surface area contributed by atoms with Crippen molar-refractivity contribution in [2.24, 2.45) is 0 Å². The molecule has 2 aliphatic heterocycles. The van der Waals surface area contributed by atoms with Crippen LogP contribution in [0.2, 0.25) is 0 Å². The molecule has 0 saturated carbocycles. The molecule has 12 nitrogen and oxygen atoms in total. The van der Waals surface area contributed by atoms with E-state index in [2.05, 4.69) is 9.97 Å². The van der Waals surface area contributed by atoms with E-state index in [0.717, 1.165) is 35.7 Å². The minimum Gasteiger partial charge on any atom is -0.476 e. The van der Waals surface area contributed by atoms with Crippen LogP contribution in [0.15, 0.2) is 10.8 Å². The van der Waals surface area contributed by atoms with Crippen molar-refractivity contribution in [1.82, 2.24) is 19.8 Å². The summed E-state index contributed by atoms with van der Waals surface area (Å²) in [5, 5.41) is 14.0. The highest BCUT2D eigenvalue weighted by molar-refractivity contribution is 7.10. The Labute approximate surface area is 266 Å². The lowest BCUT2D eigenvalue weighted by atomic mass is 9.98. The fraction of sp³-hybridized carbons (Fsp3) is 0.667. The molecule has 244 valence electrons. The summed E-state index contributed by atoms with van der Waals surface area (Å²) in [4.78, 5) is 58.5. The van der Waals surface area contributed by atoms with Crippen LogP contribution >= 0.6 is 22.7 Å². The fourth-order valence-corrected chi connectivity index (χ4v) is 6.54. The minimum atomic E-state index is -0.997. The number of carboxylic acid groups (broad SMARTS) is 1. The standard InChI is InChI=1S/C16H24N2O4S.C14H20N2O4S/c1-5-21-14(19)12-10-23-13(17-12)11-6-8-18(9-7-11)15(20)22-16(2,3)4;1-14(2,3)20-13(19)16-6-4-9(5-7-16)11-15-10(8-21-11)12(17)18/h10-11H,5-9H2,1-4H3;8-9H,4-7H2,1-3H3,(H,17,18). The Morgan fingerprint density at radius 3 is 1.50 bits per heavy atom. The number of carbonyl (C=O) groups is 4. The second-order valence-corrected chi connectivity index (χ2v) is 14.4. The van der Waals surface area contributed by atoms with E-state index in [-0.39, 0.29) is 35.7 Å². The SMILES string of the molecule is CC(C)(C)OC(=O)N1CCC(c2nc(C(=O)O)cs2)CC1.CCOC(=O)c1csc(C2CCN(C(=O)OC(C)(C)C)CC2)n1. The summed E-state index contributed by atoms with van der Waals surface area (Å²) in [5.41, 5.74) is -0.483. The molecule has 0 aromatic carbocycles. The first-order valence-corrected chi connectivity index (χ1v) is 16.6. The van der Waals surface area contributed by atoms with Gasteiger partial charge in [0.25, 0.3) is 0 Å². The normalized spacial score (nSPS) is 16.5. The molecule has 4 rings (SSSR count). The quantitative estimate of drug-likeness (QED) is 0.284.